The lowest BCUT2D eigenvalue weighted by Crippen LogP contribution is -2.12. The van der Waals surface area contributed by atoms with E-state index >= 15 is 0 Å². The number of hydrogen-bond donors (Lipinski definition) is 0. The smallest absolute Gasteiger partial charge is 0.219 e. The Morgan fingerprint density at radius 3 is 2.33 bits per heavy atom. The van der Waals surface area contributed by atoms with Gasteiger partial charge in [0.15, 0.2) is 11.5 Å². The first-order valence-corrected chi connectivity index (χ1v) is 5.30. The van der Waals surface area contributed by atoms with Crippen LogP contribution in [-0.4, -0.2) is 19.7 Å². The maximum atomic E-state index is 12.6. The van der Waals surface area contributed by atoms with Gasteiger partial charge in [0.25, 0.3) is 0 Å². The van der Waals surface area contributed by atoms with Gasteiger partial charge in [-0.15, -0.1) is 0 Å². The Morgan fingerprint density at radius 1 is 1.17 bits per heavy atom. The number of rotatable bonds is 1. The first-order chi connectivity index (χ1) is 8.27. The van der Waals surface area contributed by atoms with Crippen molar-refractivity contribution in [1.29, 1.82) is 0 Å². The molecule has 0 aliphatic heterocycles. The minimum absolute atomic E-state index is 0.00655. The second-order valence-corrected chi connectivity index (χ2v) is 4.06. The Bertz CT molecular complexity index is 591. The van der Waals surface area contributed by atoms with Gasteiger partial charge in [0.2, 0.25) is 5.28 Å². The summed E-state index contributed by atoms with van der Waals surface area (Å²) in [6.07, 6.45) is -4.57. The Kier molecular flexibility index (Phi) is 3.02. The molecule has 0 unspecified atom stereocenters. The highest BCUT2D eigenvalue weighted by Gasteiger charge is 2.34. The third-order valence-electron chi connectivity index (χ3n) is 2.20. The van der Waals surface area contributed by atoms with Crippen LogP contribution in [0.5, 0.6) is 0 Å². The predicted molar refractivity (Wildman–Crippen MR) is 58.6 cm³/mol. The van der Waals surface area contributed by atoms with Gasteiger partial charge >= 0.3 is 6.18 Å². The molecule has 0 atom stereocenters. The quantitative estimate of drug-likeness (QED) is 0.752. The molecule has 0 aromatic carbocycles. The fraction of sp³-hybridized carbons (Fsp3) is 0.300. The summed E-state index contributed by atoms with van der Waals surface area (Å²) in [7, 11) is 0. The summed E-state index contributed by atoms with van der Waals surface area (Å²) in [5.74, 6) is -0.00655. The summed E-state index contributed by atoms with van der Waals surface area (Å²) in [5.41, 5.74) is 0.247. The zero-order chi connectivity index (χ0) is 13.5. The fourth-order valence-corrected chi connectivity index (χ4v) is 1.70. The van der Waals surface area contributed by atoms with E-state index < -0.39 is 17.2 Å². The Morgan fingerprint density at radius 2 is 1.83 bits per heavy atom. The van der Waals surface area contributed by atoms with E-state index in [0.717, 1.165) is 6.07 Å². The van der Waals surface area contributed by atoms with Crippen LogP contribution in [0.25, 0.3) is 5.82 Å². The molecule has 8 heteroatoms. The lowest BCUT2D eigenvalue weighted by Gasteiger charge is -2.09. The predicted octanol–water partition coefficient (Wildman–Crippen LogP) is 2.95. The molecule has 2 aromatic rings. The highest BCUT2D eigenvalue weighted by Crippen LogP contribution is 2.29. The normalized spacial score (nSPS) is 11.9. The molecule has 0 aliphatic carbocycles. The lowest BCUT2D eigenvalue weighted by molar-refractivity contribution is -0.141. The maximum Gasteiger partial charge on any atom is 0.433 e. The molecular weight excluding hydrogens is 269 g/mol. The maximum absolute atomic E-state index is 12.6. The van der Waals surface area contributed by atoms with Gasteiger partial charge in [-0.1, -0.05) is 0 Å². The van der Waals surface area contributed by atoms with Crippen molar-refractivity contribution >= 4 is 11.6 Å². The zero-order valence-electron chi connectivity index (χ0n) is 9.46. The summed E-state index contributed by atoms with van der Waals surface area (Å²) in [4.78, 5) is 6.90. The third-order valence-corrected chi connectivity index (χ3v) is 2.37. The van der Waals surface area contributed by atoms with Crippen LogP contribution < -0.4 is 0 Å². The molecule has 2 aromatic heterocycles. The van der Waals surface area contributed by atoms with Gasteiger partial charge < -0.3 is 0 Å². The van der Waals surface area contributed by atoms with E-state index in [-0.39, 0.29) is 5.82 Å². The van der Waals surface area contributed by atoms with Gasteiger partial charge in [-0.3, -0.25) is 0 Å². The molecule has 0 saturated heterocycles. The van der Waals surface area contributed by atoms with E-state index in [1.165, 1.54) is 4.68 Å². The van der Waals surface area contributed by atoms with Gasteiger partial charge in [0.1, 0.15) is 0 Å². The molecule has 2 rings (SSSR count). The van der Waals surface area contributed by atoms with E-state index in [1.807, 2.05) is 0 Å². The number of nitrogens with zero attached hydrogens (tertiary/aromatic N) is 4. The molecule has 96 valence electrons. The van der Waals surface area contributed by atoms with Crippen LogP contribution >= 0.6 is 11.6 Å². The van der Waals surface area contributed by atoms with Crippen molar-refractivity contribution < 1.29 is 13.2 Å². The van der Waals surface area contributed by atoms with Gasteiger partial charge in [-0.2, -0.15) is 23.3 Å². The number of hydrogen-bond acceptors (Lipinski definition) is 3. The van der Waals surface area contributed by atoms with E-state index in [0.29, 0.717) is 11.4 Å². The van der Waals surface area contributed by atoms with E-state index in [9.17, 15) is 13.2 Å². The SMILES string of the molecule is Cc1cc(C)n(-c2cc(C(F)(F)F)nc(Cl)n2)n1. The molecule has 0 radical (unpaired) electrons. The molecule has 0 fully saturated rings. The van der Waals surface area contributed by atoms with Gasteiger partial charge in [-0.05, 0) is 31.5 Å². The van der Waals surface area contributed by atoms with E-state index in [1.54, 1.807) is 19.9 Å². The van der Waals surface area contributed by atoms with Crippen molar-refractivity contribution in [2.45, 2.75) is 20.0 Å². The summed E-state index contributed by atoms with van der Waals surface area (Å²) in [6, 6.07) is 2.54. The molecule has 0 amide bonds. The van der Waals surface area contributed by atoms with Crippen molar-refractivity contribution in [2.75, 3.05) is 0 Å². The average Bonchev–Trinajstić information content (AvgIpc) is 2.55. The molecule has 0 N–H and O–H groups in total. The van der Waals surface area contributed by atoms with Gasteiger partial charge in [-0.25, -0.2) is 9.67 Å². The second-order valence-electron chi connectivity index (χ2n) is 3.72. The summed E-state index contributed by atoms with van der Waals surface area (Å²) in [6.45, 7) is 3.44. The molecule has 2 heterocycles. The zero-order valence-corrected chi connectivity index (χ0v) is 10.2. The topological polar surface area (TPSA) is 43.6 Å². The number of aromatic nitrogens is 4. The van der Waals surface area contributed by atoms with Crippen LogP contribution in [0.2, 0.25) is 5.28 Å². The number of alkyl halides is 3. The first-order valence-electron chi connectivity index (χ1n) is 4.93. The largest absolute Gasteiger partial charge is 0.433 e. The van der Waals surface area contributed by atoms with Crippen LogP contribution in [0.3, 0.4) is 0 Å². The molecule has 0 saturated carbocycles. The molecule has 18 heavy (non-hydrogen) atoms. The van der Waals surface area contributed by atoms with Crippen molar-refractivity contribution in [2.24, 2.45) is 0 Å². The monoisotopic (exact) mass is 276 g/mol. The summed E-state index contributed by atoms with van der Waals surface area (Å²) < 4.78 is 39.1. The molecular formula is C10H8ClF3N4. The van der Waals surface area contributed by atoms with Crippen LogP contribution in [-0.2, 0) is 6.18 Å². The number of halogens is 4. The second kappa shape index (κ2) is 4.24. The van der Waals surface area contributed by atoms with Crippen LogP contribution in [0.1, 0.15) is 17.1 Å². The van der Waals surface area contributed by atoms with Gasteiger partial charge in [0, 0.05) is 11.8 Å². The average molecular weight is 277 g/mol. The van der Waals surface area contributed by atoms with E-state index in [4.69, 9.17) is 11.6 Å². The fourth-order valence-electron chi connectivity index (χ4n) is 1.52. The first kappa shape index (κ1) is 12.8. The Balaban J connectivity index is 2.59. The Labute approximate surface area is 105 Å². The Hall–Kier alpha value is -1.63. The van der Waals surface area contributed by atoms with Gasteiger partial charge in [0.05, 0.1) is 5.69 Å². The van der Waals surface area contributed by atoms with Crippen molar-refractivity contribution in [3.63, 3.8) is 0 Å². The highest BCUT2D eigenvalue weighted by atomic mass is 35.5. The standard InChI is InChI=1S/C10H8ClF3N4/c1-5-3-6(2)18(17-5)8-4-7(10(12,13)14)15-9(11)16-8/h3-4H,1-2H3. The summed E-state index contributed by atoms with van der Waals surface area (Å²) >= 11 is 5.50. The van der Waals surface area contributed by atoms with Crippen molar-refractivity contribution in [3.05, 3.63) is 34.5 Å². The van der Waals surface area contributed by atoms with Crippen molar-refractivity contribution in [1.82, 2.24) is 19.7 Å². The number of aryl methyl sites for hydroxylation is 2. The molecule has 0 aliphatic rings. The van der Waals surface area contributed by atoms with Crippen LogP contribution in [0, 0.1) is 13.8 Å². The van der Waals surface area contributed by atoms with Crippen LogP contribution in [0.15, 0.2) is 12.1 Å². The minimum atomic E-state index is -4.57. The van der Waals surface area contributed by atoms with Crippen LogP contribution in [0.4, 0.5) is 13.2 Å². The molecule has 0 bridgehead atoms. The third kappa shape index (κ3) is 2.45. The summed E-state index contributed by atoms with van der Waals surface area (Å²) in [5, 5.41) is 3.58. The molecule has 0 spiro atoms. The van der Waals surface area contributed by atoms with Crippen molar-refractivity contribution in [3.8, 4) is 5.82 Å². The van der Waals surface area contributed by atoms with E-state index in [2.05, 4.69) is 15.1 Å². The highest BCUT2D eigenvalue weighted by molar-refractivity contribution is 6.28. The molecule has 4 nitrogen and oxygen atoms in total. The minimum Gasteiger partial charge on any atom is -0.219 e. The lowest BCUT2D eigenvalue weighted by atomic mass is 10.3.